The molecule has 28 heavy (non-hydrogen) atoms. The van der Waals surface area contributed by atoms with Crippen molar-refractivity contribution in [3.05, 3.63) is 65.2 Å². The van der Waals surface area contributed by atoms with Gasteiger partial charge in [0.05, 0.1) is 16.3 Å². The summed E-state index contributed by atoms with van der Waals surface area (Å²) in [7, 11) is 0. The number of hydrogen-bond acceptors (Lipinski definition) is 2. The van der Waals surface area contributed by atoms with Gasteiger partial charge in [-0.25, -0.2) is 0 Å². The van der Waals surface area contributed by atoms with E-state index in [1.165, 1.54) is 36.4 Å². The number of nitrogens with one attached hydrogen (secondary N) is 1. The van der Waals surface area contributed by atoms with E-state index in [1.54, 1.807) is 17.0 Å². The van der Waals surface area contributed by atoms with Crippen molar-refractivity contribution in [1.29, 1.82) is 0 Å². The summed E-state index contributed by atoms with van der Waals surface area (Å²) in [5, 5.41) is 2.53. The molecule has 1 aliphatic rings. The van der Waals surface area contributed by atoms with Crippen molar-refractivity contribution in [1.82, 2.24) is 0 Å². The van der Waals surface area contributed by atoms with E-state index in [-0.39, 0.29) is 22.2 Å². The second-order valence-electron chi connectivity index (χ2n) is 6.22. The van der Waals surface area contributed by atoms with Gasteiger partial charge in [-0.2, -0.15) is 13.2 Å². The maximum atomic E-state index is 13.4. The molecule has 1 heterocycles. The number of amides is 2. The largest absolute Gasteiger partial charge is 0.417 e. The topological polar surface area (TPSA) is 49.4 Å². The lowest BCUT2D eigenvalue weighted by Gasteiger charge is -2.17. The predicted octanol–water partition coefficient (Wildman–Crippen LogP) is 5.05. The summed E-state index contributed by atoms with van der Waals surface area (Å²) in [5.41, 5.74) is -0.514. The number of alkyl halides is 3. The third-order valence-electron chi connectivity index (χ3n) is 4.26. The zero-order valence-electron chi connectivity index (χ0n) is 14.6. The van der Waals surface area contributed by atoms with Gasteiger partial charge in [0.15, 0.2) is 0 Å². The zero-order chi connectivity index (χ0) is 20.3. The number of nitrogens with zero attached hydrogens (tertiary/aromatic N) is 1. The second kappa shape index (κ2) is 8.06. The van der Waals surface area contributed by atoms with Crippen LogP contribution in [0.4, 0.5) is 24.5 Å². The van der Waals surface area contributed by atoms with Gasteiger partial charge in [-0.05, 0) is 30.2 Å². The molecule has 1 N–H and O–H groups in total. The van der Waals surface area contributed by atoms with Crippen LogP contribution in [0, 0.1) is 0 Å². The number of allylic oxidation sites excluding steroid dienone is 1. The van der Waals surface area contributed by atoms with Crippen LogP contribution >= 0.6 is 11.6 Å². The molecule has 1 aliphatic heterocycles. The fraction of sp³-hybridized carbons (Fsp3) is 0.200. The Morgan fingerprint density at radius 2 is 1.86 bits per heavy atom. The third-order valence-corrected chi connectivity index (χ3v) is 4.59. The van der Waals surface area contributed by atoms with Crippen LogP contribution in [0.3, 0.4) is 0 Å². The standard InChI is InChI=1S/C20H16ClF3N2O2/c21-16-9-8-14(26-10-4-7-19(26)28)11-17(16)25-18(27)12-15(20(22,23)24)13-5-2-1-3-6-13/h1-3,5-6,8-9,11-12H,4,7,10H2,(H,25,27)/b15-12+. The predicted molar refractivity (Wildman–Crippen MR) is 102 cm³/mol. The zero-order valence-corrected chi connectivity index (χ0v) is 15.3. The fourth-order valence-corrected chi connectivity index (χ4v) is 3.11. The molecular weight excluding hydrogens is 393 g/mol. The molecule has 2 amide bonds. The van der Waals surface area contributed by atoms with E-state index >= 15 is 0 Å². The quantitative estimate of drug-likeness (QED) is 0.719. The van der Waals surface area contributed by atoms with Crippen LogP contribution in [-0.4, -0.2) is 24.5 Å². The highest BCUT2D eigenvalue weighted by Crippen LogP contribution is 2.34. The van der Waals surface area contributed by atoms with Crippen LogP contribution in [0.5, 0.6) is 0 Å². The number of carbonyl (C=O) groups excluding carboxylic acids is 2. The van der Waals surface area contributed by atoms with Crippen molar-refractivity contribution in [3.63, 3.8) is 0 Å². The monoisotopic (exact) mass is 408 g/mol. The van der Waals surface area contributed by atoms with Crippen molar-refractivity contribution in [2.45, 2.75) is 19.0 Å². The molecule has 0 unspecified atom stereocenters. The van der Waals surface area contributed by atoms with Gasteiger partial charge in [-0.15, -0.1) is 0 Å². The Hall–Kier alpha value is -2.80. The normalized spacial score (nSPS) is 15.1. The number of benzene rings is 2. The van der Waals surface area contributed by atoms with Crippen LogP contribution in [0.25, 0.3) is 5.57 Å². The molecule has 0 bridgehead atoms. The first kappa shape index (κ1) is 19.9. The third kappa shape index (κ3) is 4.54. The highest BCUT2D eigenvalue weighted by molar-refractivity contribution is 6.34. The average molecular weight is 409 g/mol. The first-order valence-corrected chi connectivity index (χ1v) is 8.89. The van der Waals surface area contributed by atoms with E-state index in [0.717, 1.165) is 6.42 Å². The van der Waals surface area contributed by atoms with Crippen molar-refractivity contribution < 1.29 is 22.8 Å². The lowest BCUT2D eigenvalue weighted by molar-refractivity contribution is -0.117. The first-order valence-electron chi connectivity index (χ1n) is 8.51. The van der Waals surface area contributed by atoms with Crippen molar-refractivity contribution in [2.24, 2.45) is 0 Å². The summed E-state index contributed by atoms with van der Waals surface area (Å²) in [6.45, 7) is 0.542. The average Bonchev–Trinajstić information content (AvgIpc) is 3.07. The molecule has 0 radical (unpaired) electrons. The number of rotatable bonds is 4. The minimum Gasteiger partial charge on any atom is -0.321 e. The maximum absolute atomic E-state index is 13.4. The van der Waals surface area contributed by atoms with Crippen molar-refractivity contribution >= 4 is 40.4 Å². The maximum Gasteiger partial charge on any atom is 0.417 e. The van der Waals surface area contributed by atoms with E-state index in [2.05, 4.69) is 5.32 Å². The lowest BCUT2D eigenvalue weighted by atomic mass is 10.1. The summed E-state index contributed by atoms with van der Waals surface area (Å²) in [6.07, 6.45) is -3.05. The summed E-state index contributed by atoms with van der Waals surface area (Å²) in [4.78, 5) is 25.7. The SMILES string of the molecule is O=C(/C=C(\c1ccccc1)C(F)(F)F)Nc1cc(N2CCCC2=O)ccc1Cl. The van der Waals surface area contributed by atoms with Crippen molar-refractivity contribution in [2.75, 3.05) is 16.8 Å². The van der Waals surface area contributed by atoms with E-state index in [1.807, 2.05) is 0 Å². The number of anilines is 2. The summed E-state index contributed by atoms with van der Waals surface area (Å²) in [5.74, 6) is -1.02. The lowest BCUT2D eigenvalue weighted by Crippen LogP contribution is -2.23. The molecule has 2 aromatic carbocycles. The van der Waals surface area contributed by atoms with Gasteiger partial charge in [0, 0.05) is 24.7 Å². The van der Waals surface area contributed by atoms with Gasteiger partial charge in [-0.3, -0.25) is 9.59 Å². The van der Waals surface area contributed by atoms with E-state index in [4.69, 9.17) is 11.6 Å². The van der Waals surface area contributed by atoms with Gasteiger partial charge >= 0.3 is 6.18 Å². The summed E-state index contributed by atoms with van der Waals surface area (Å²) < 4.78 is 40.1. The Kier molecular flexibility index (Phi) is 5.74. The van der Waals surface area contributed by atoms with Crippen molar-refractivity contribution in [3.8, 4) is 0 Å². The smallest absolute Gasteiger partial charge is 0.321 e. The van der Waals surface area contributed by atoms with E-state index in [9.17, 15) is 22.8 Å². The van der Waals surface area contributed by atoms with Crippen LogP contribution in [0.15, 0.2) is 54.6 Å². The van der Waals surface area contributed by atoms with Gasteiger partial charge in [0.2, 0.25) is 11.8 Å². The molecule has 4 nitrogen and oxygen atoms in total. The Morgan fingerprint density at radius 3 is 2.46 bits per heavy atom. The fourth-order valence-electron chi connectivity index (χ4n) is 2.94. The summed E-state index contributed by atoms with van der Waals surface area (Å²) >= 11 is 6.07. The molecule has 0 aliphatic carbocycles. The van der Waals surface area contributed by atoms with E-state index in [0.29, 0.717) is 24.7 Å². The Bertz CT molecular complexity index is 927. The van der Waals surface area contributed by atoms with Crippen LogP contribution in [0.2, 0.25) is 5.02 Å². The molecule has 1 fully saturated rings. The van der Waals surface area contributed by atoms with Crippen LogP contribution in [0.1, 0.15) is 18.4 Å². The molecule has 2 aromatic rings. The molecule has 146 valence electrons. The molecule has 8 heteroatoms. The van der Waals surface area contributed by atoms with Crippen LogP contribution < -0.4 is 10.2 Å². The van der Waals surface area contributed by atoms with Gasteiger partial charge in [0.1, 0.15) is 0 Å². The van der Waals surface area contributed by atoms with Gasteiger partial charge < -0.3 is 10.2 Å². The Morgan fingerprint density at radius 1 is 1.14 bits per heavy atom. The van der Waals surface area contributed by atoms with Gasteiger partial charge in [0.25, 0.3) is 0 Å². The number of carbonyl (C=O) groups is 2. The highest BCUT2D eigenvalue weighted by Gasteiger charge is 2.35. The highest BCUT2D eigenvalue weighted by atomic mass is 35.5. The Labute approximate surface area is 164 Å². The van der Waals surface area contributed by atoms with Gasteiger partial charge in [-0.1, -0.05) is 41.9 Å². The molecule has 3 rings (SSSR count). The minimum atomic E-state index is -4.70. The molecule has 0 atom stereocenters. The number of halogens is 4. The Balaban J connectivity index is 1.87. The summed E-state index contributed by atoms with van der Waals surface area (Å²) in [6, 6.07) is 11.7. The van der Waals surface area contributed by atoms with Crippen LogP contribution in [-0.2, 0) is 9.59 Å². The second-order valence-corrected chi connectivity index (χ2v) is 6.63. The molecular formula is C20H16ClF3N2O2. The molecule has 1 saturated heterocycles. The molecule has 0 spiro atoms. The molecule has 0 aromatic heterocycles. The minimum absolute atomic E-state index is 0.0528. The first-order chi connectivity index (χ1) is 13.3. The number of hydrogen-bond donors (Lipinski definition) is 1. The van der Waals surface area contributed by atoms with E-state index < -0.39 is 17.7 Å². The molecule has 0 saturated carbocycles.